The van der Waals surface area contributed by atoms with Crippen molar-refractivity contribution in [1.29, 1.82) is 0 Å². The van der Waals surface area contributed by atoms with Gasteiger partial charge in [-0.05, 0) is 98.6 Å². The van der Waals surface area contributed by atoms with Crippen molar-refractivity contribution in [3.63, 3.8) is 0 Å². The molecule has 1 unspecified atom stereocenters. The molecule has 0 saturated carbocycles. The first-order valence-electron chi connectivity index (χ1n) is 14.7. The highest BCUT2D eigenvalue weighted by Crippen LogP contribution is 2.38. The number of rotatable bonds is 12. The summed E-state index contributed by atoms with van der Waals surface area (Å²) < 4.78 is 10.5. The Balaban J connectivity index is 0.000000343. The fourth-order valence-electron chi connectivity index (χ4n) is 5.28. The number of aromatic nitrogens is 1. The Morgan fingerprint density at radius 1 is 0.952 bits per heavy atom. The molecule has 0 bridgehead atoms. The van der Waals surface area contributed by atoms with Crippen LogP contribution in [0, 0.1) is 0 Å². The molecule has 0 spiro atoms. The van der Waals surface area contributed by atoms with Crippen LogP contribution in [-0.2, 0) is 11.2 Å². The van der Waals surface area contributed by atoms with E-state index in [2.05, 4.69) is 77.2 Å². The summed E-state index contributed by atoms with van der Waals surface area (Å²) in [5.41, 5.74) is 5.14. The molecule has 224 valence electrons. The fraction of sp³-hybridized carbons (Fsp3) is 0.382. The number of hydrogen-bond acceptors (Lipinski definition) is 5. The number of hydrogen-bond donors (Lipinski definition) is 2. The Morgan fingerprint density at radius 3 is 2.36 bits per heavy atom. The largest absolute Gasteiger partial charge is 0.494 e. The standard InChI is InChI=1S/C27H36ClN3O.C7H5ClO2/c1-19(2)29-15-6-4-5-7-17-32-22-11-8-20(9-12-22)27-26-23(14-16-31(27)3)24-18-21(28)10-13-25(24)30-26;8-6-1-3-7(4-2-6)10-5-9/h8-13,18-19,27,29-30H,4-7,14-17H2,1-3H3;1-5H. The molecule has 1 aromatic heterocycles. The van der Waals surface area contributed by atoms with Crippen LogP contribution in [0.2, 0.25) is 10.0 Å². The average molecular weight is 611 g/mol. The molecule has 0 aliphatic carbocycles. The first kappa shape index (κ1) is 31.9. The topological polar surface area (TPSA) is 66.6 Å². The van der Waals surface area contributed by atoms with E-state index in [1.54, 1.807) is 24.3 Å². The molecular formula is C34H41Cl2N3O3. The molecule has 2 heterocycles. The minimum absolute atomic E-state index is 0.221. The smallest absolute Gasteiger partial charge is 0.298 e. The zero-order valence-electron chi connectivity index (χ0n) is 24.7. The molecule has 1 aliphatic rings. The van der Waals surface area contributed by atoms with Gasteiger partial charge < -0.3 is 19.8 Å². The van der Waals surface area contributed by atoms with Crippen molar-refractivity contribution < 1.29 is 14.3 Å². The summed E-state index contributed by atoms with van der Waals surface area (Å²) in [6, 6.07) is 22.1. The monoisotopic (exact) mass is 609 g/mol. The van der Waals surface area contributed by atoms with Gasteiger partial charge in [0.2, 0.25) is 0 Å². The number of carbonyl (C=O) groups is 1. The van der Waals surface area contributed by atoms with E-state index in [0.717, 1.165) is 43.3 Å². The zero-order chi connectivity index (χ0) is 29.9. The maximum absolute atomic E-state index is 9.80. The quantitative estimate of drug-likeness (QED) is 0.125. The third kappa shape index (κ3) is 8.98. The third-order valence-corrected chi connectivity index (χ3v) is 7.90. The Morgan fingerprint density at radius 2 is 1.64 bits per heavy atom. The summed E-state index contributed by atoms with van der Waals surface area (Å²) in [5, 5.41) is 6.14. The van der Waals surface area contributed by atoms with Crippen LogP contribution < -0.4 is 14.8 Å². The van der Waals surface area contributed by atoms with Crippen LogP contribution in [0.3, 0.4) is 0 Å². The predicted molar refractivity (Wildman–Crippen MR) is 173 cm³/mol. The highest BCUT2D eigenvalue weighted by Gasteiger charge is 2.29. The van der Waals surface area contributed by atoms with Gasteiger partial charge in [-0.15, -0.1) is 0 Å². The molecule has 0 amide bonds. The number of unbranched alkanes of at least 4 members (excludes halogenated alkanes) is 3. The van der Waals surface area contributed by atoms with Crippen molar-refractivity contribution in [3.05, 3.63) is 93.6 Å². The summed E-state index contributed by atoms with van der Waals surface area (Å²) in [6.45, 7) is 7.69. The van der Waals surface area contributed by atoms with Crippen molar-refractivity contribution in [2.24, 2.45) is 0 Å². The fourth-order valence-corrected chi connectivity index (χ4v) is 5.58. The summed E-state index contributed by atoms with van der Waals surface area (Å²) in [6.07, 6.45) is 5.86. The highest BCUT2D eigenvalue weighted by molar-refractivity contribution is 6.31. The van der Waals surface area contributed by atoms with E-state index in [1.165, 1.54) is 47.0 Å². The molecule has 4 aromatic rings. The van der Waals surface area contributed by atoms with Crippen LogP contribution in [-0.4, -0.2) is 49.1 Å². The minimum atomic E-state index is 0.221. The number of aromatic amines is 1. The molecule has 0 radical (unpaired) electrons. The number of carbonyl (C=O) groups excluding carboxylic acids is 1. The van der Waals surface area contributed by atoms with Gasteiger partial charge in [-0.2, -0.15) is 0 Å². The molecule has 3 aromatic carbocycles. The van der Waals surface area contributed by atoms with E-state index in [-0.39, 0.29) is 6.04 Å². The predicted octanol–water partition coefficient (Wildman–Crippen LogP) is 8.21. The van der Waals surface area contributed by atoms with Crippen LogP contribution in [0.25, 0.3) is 10.9 Å². The van der Waals surface area contributed by atoms with Gasteiger partial charge in [-0.25, -0.2) is 0 Å². The Hall–Kier alpha value is -3.03. The molecule has 0 fully saturated rings. The van der Waals surface area contributed by atoms with Gasteiger partial charge in [0.15, 0.2) is 0 Å². The van der Waals surface area contributed by atoms with Gasteiger partial charge in [-0.3, -0.25) is 9.69 Å². The SMILES string of the molecule is CC(C)NCCCCCCOc1ccc(C2c3[nH]c4ccc(Cl)cc4c3CCN2C)cc1.O=COc1ccc(Cl)cc1. The maximum Gasteiger partial charge on any atom is 0.298 e. The third-order valence-electron chi connectivity index (χ3n) is 7.42. The van der Waals surface area contributed by atoms with Gasteiger partial charge in [0.1, 0.15) is 11.5 Å². The zero-order valence-corrected chi connectivity index (χ0v) is 26.2. The van der Waals surface area contributed by atoms with E-state index in [4.69, 9.17) is 27.9 Å². The highest BCUT2D eigenvalue weighted by atomic mass is 35.5. The van der Waals surface area contributed by atoms with E-state index in [9.17, 15) is 4.79 Å². The van der Waals surface area contributed by atoms with Crippen LogP contribution in [0.5, 0.6) is 11.5 Å². The number of H-pyrrole nitrogens is 1. The van der Waals surface area contributed by atoms with Gasteiger partial charge in [0, 0.05) is 39.2 Å². The van der Waals surface area contributed by atoms with Gasteiger partial charge in [-0.1, -0.05) is 62.0 Å². The number of nitrogens with one attached hydrogen (secondary N) is 2. The summed E-state index contributed by atoms with van der Waals surface area (Å²) in [5.74, 6) is 1.46. The lowest BCUT2D eigenvalue weighted by molar-refractivity contribution is -0.120. The van der Waals surface area contributed by atoms with E-state index < -0.39 is 0 Å². The van der Waals surface area contributed by atoms with Crippen LogP contribution in [0.15, 0.2) is 66.7 Å². The second-order valence-electron chi connectivity index (χ2n) is 10.9. The number of halogens is 2. The van der Waals surface area contributed by atoms with E-state index in [0.29, 0.717) is 23.3 Å². The molecule has 5 rings (SSSR count). The normalized spacial score (nSPS) is 14.8. The average Bonchev–Trinajstić information content (AvgIpc) is 3.34. The lowest BCUT2D eigenvalue weighted by Gasteiger charge is -2.33. The second-order valence-corrected chi connectivity index (χ2v) is 11.8. The molecule has 1 aliphatic heterocycles. The Kier molecular flexibility index (Phi) is 12.1. The maximum atomic E-state index is 9.80. The summed E-state index contributed by atoms with van der Waals surface area (Å²) in [7, 11) is 2.20. The number of benzene rings is 3. The first-order chi connectivity index (χ1) is 20.4. The molecule has 0 saturated heterocycles. The first-order valence-corrected chi connectivity index (χ1v) is 15.4. The van der Waals surface area contributed by atoms with E-state index >= 15 is 0 Å². The molecular weight excluding hydrogens is 569 g/mol. The number of nitrogens with zero attached hydrogens (tertiary/aromatic N) is 1. The molecule has 8 heteroatoms. The molecule has 2 N–H and O–H groups in total. The van der Waals surface area contributed by atoms with E-state index in [1.807, 2.05) is 6.07 Å². The van der Waals surface area contributed by atoms with Crippen molar-refractivity contribution in [2.45, 2.75) is 58.0 Å². The van der Waals surface area contributed by atoms with Gasteiger partial charge >= 0.3 is 0 Å². The minimum Gasteiger partial charge on any atom is -0.494 e. The number of likely N-dealkylation sites (N-methyl/N-ethyl adjacent to an activating group) is 1. The van der Waals surface area contributed by atoms with Gasteiger partial charge in [0.05, 0.1) is 12.6 Å². The summed E-state index contributed by atoms with van der Waals surface area (Å²) in [4.78, 5) is 15.9. The van der Waals surface area contributed by atoms with Crippen LogP contribution >= 0.6 is 23.2 Å². The second kappa shape index (κ2) is 16.0. The van der Waals surface area contributed by atoms with Crippen LogP contribution in [0.4, 0.5) is 0 Å². The van der Waals surface area contributed by atoms with Crippen molar-refractivity contribution in [1.82, 2.24) is 15.2 Å². The van der Waals surface area contributed by atoms with Gasteiger partial charge in [0.25, 0.3) is 6.47 Å². The Labute approximate surface area is 259 Å². The lowest BCUT2D eigenvalue weighted by Crippen LogP contribution is -2.32. The Bertz CT molecular complexity index is 1400. The summed E-state index contributed by atoms with van der Waals surface area (Å²) >= 11 is 11.8. The molecule has 1 atom stereocenters. The van der Waals surface area contributed by atoms with Crippen LogP contribution in [0.1, 0.15) is 62.4 Å². The number of ether oxygens (including phenoxy) is 2. The van der Waals surface area contributed by atoms with Crippen molar-refractivity contribution >= 4 is 40.6 Å². The van der Waals surface area contributed by atoms with Crippen molar-refractivity contribution in [2.75, 3.05) is 26.7 Å². The van der Waals surface area contributed by atoms with Crippen molar-refractivity contribution in [3.8, 4) is 11.5 Å². The molecule has 42 heavy (non-hydrogen) atoms. The number of fused-ring (bicyclic) bond motifs is 3. The molecule has 6 nitrogen and oxygen atoms in total. The lowest BCUT2D eigenvalue weighted by atomic mass is 9.93.